The van der Waals surface area contributed by atoms with Crippen LogP contribution in [0.5, 0.6) is 0 Å². The molecule has 0 bridgehead atoms. The van der Waals surface area contributed by atoms with Gasteiger partial charge < -0.3 is 10.2 Å². The predicted octanol–water partition coefficient (Wildman–Crippen LogP) is 1.44. The van der Waals surface area contributed by atoms with E-state index in [4.69, 9.17) is 0 Å². The van der Waals surface area contributed by atoms with E-state index in [2.05, 4.69) is 17.3 Å². The first-order valence-electron chi connectivity index (χ1n) is 7.68. The molecular formula is C15H26N4O. The van der Waals surface area contributed by atoms with Gasteiger partial charge in [-0.3, -0.25) is 9.48 Å². The lowest BCUT2D eigenvalue weighted by Gasteiger charge is -2.29. The molecule has 0 spiro atoms. The maximum absolute atomic E-state index is 12.7. The maximum Gasteiger partial charge on any atom is 0.257 e. The Morgan fingerprint density at radius 3 is 2.75 bits per heavy atom. The highest BCUT2D eigenvalue weighted by molar-refractivity contribution is 5.95. The molecule has 2 rings (SSSR count). The third-order valence-electron chi connectivity index (χ3n) is 4.08. The van der Waals surface area contributed by atoms with Crippen LogP contribution in [0.25, 0.3) is 0 Å². The minimum absolute atomic E-state index is 0.135. The van der Waals surface area contributed by atoms with E-state index in [9.17, 15) is 4.79 Å². The van der Waals surface area contributed by atoms with Gasteiger partial charge in [0.2, 0.25) is 0 Å². The molecule has 1 aliphatic rings. The molecular weight excluding hydrogens is 252 g/mol. The summed E-state index contributed by atoms with van der Waals surface area (Å²) in [5.41, 5.74) is 1.67. The van der Waals surface area contributed by atoms with Gasteiger partial charge in [0.25, 0.3) is 5.91 Å². The first kappa shape index (κ1) is 15.0. The van der Waals surface area contributed by atoms with Gasteiger partial charge in [0, 0.05) is 26.3 Å². The van der Waals surface area contributed by atoms with E-state index in [1.165, 1.54) is 0 Å². The number of aryl methyl sites for hydroxylation is 2. The average molecular weight is 278 g/mol. The number of hydrogen-bond donors (Lipinski definition) is 1. The Hall–Kier alpha value is -1.36. The van der Waals surface area contributed by atoms with Gasteiger partial charge in [-0.15, -0.1) is 0 Å². The van der Waals surface area contributed by atoms with Crippen molar-refractivity contribution in [3.63, 3.8) is 0 Å². The second kappa shape index (κ2) is 6.88. The van der Waals surface area contributed by atoms with Crippen LogP contribution in [0.15, 0.2) is 6.20 Å². The molecule has 1 amide bonds. The number of amides is 1. The summed E-state index contributed by atoms with van der Waals surface area (Å²) in [6, 6.07) is 0. The molecule has 1 N–H and O–H groups in total. The highest BCUT2D eigenvalue weighted by Gasteiger charge is 2.23. The zero-order chi connectivity index (χ0) is 14.5. The molecule has 5 heteroatoms. The summed E-state index contributed by atoms with van der Waals surface area (Å²) in [5, 5.41) is 7.74. The van der Waals surface area contributed by atoms with E-state index < -0.39 is 0 Å². The Morgan fingerprint density at radius 1 is 1.45 bits per heavy atom. The fourth-order valence-electron chi connectivity index (χ4n) is 2.88. The molecule has 0 aromatic carbocycles. The number of rotatable bonds is 5. The molecule has 2 heterocycles. The molecule has 20 heavy (non-hydrogen) atoms. The Bertz CT molecular complexity index is 449. The number of carbonyl (C=O) groups is 1. The molecule has 1 aromatic heterocycles. The largest absolute Gasteiger partial charge is 0.339 e. The first-order valence-corrected chi connectivity index (χ1v) is 7.68. The van der Waals surface area contributed by atoms with Gasteiger partial charge in [0.15, 0.2) is 0 Å². The molecule has 1 aliphatic heterocycles. The molecule has 5 nitrogen and oxygen atoms in total. The van der Waals surface area contributed by atoms with Crippen molar-refractivity contribution >= 4 is 5.91 Å². The standard InChI is InChI=1S/C15H26N4O/c1-4-14-13(11-18(3)17-14)15(20)19(5-2)10-12-6-8-16-9-7-12/h11-12,16H,4-10H2,1-3H3. The number of carbonyl (C=O) groups excluding carboxylic acids is 1. The van der Waals surface area contributed by atoms with Crippen LogP contribution in [-0.2, 0) is 13.5 Å². The van der Waals surface area contributed by atoms with Gasteiger partial charge in [-0.05, 0) is 45.2 Å². The number of nitrogens with zero attached hydrogens (tertiary/aromatic N) is 3. The fourth-order valence-corrected chi connectivity index (χ4v) is 2.88. The number of aromatic nitrogens is 2. The van der Waals surface area contributed by atoms with E-state index in [1.807, 2.05) is 25.1 Å². The van der Waals surface area contributed by atoms with Crippen LogP contribution < -0.4 is 5.32 Å². The Balaban J connectivity index is 2.07. The summed E-state index contributed by atoms with van der Waals surface area (Å²) < 4.78 is 1.74. The quantitative estimate of drug-likeness (QED) is 0.887. The normalized spacial score (nSPS) is 16.4. The molecule has 0 unspecified atom stereocenters. The minimum Gasteiger partial charge on any atom is -0.339 e. The SMILES string of the molecule is CCc1nn(C)cc1C(=O)N(CC)CC1CCNCC1. The van der Waals surface area contributed by atoms with E-state index in [0.717, 1.165) is 56.7 Å². The summed E-state index contributed by atoms with van der Waals surface area (Å²) in [6.07, 6.45) is 4.98. The van der Waals surface area contributed by atoms with Crippen LogP contribution >= 0.6 is 0 Å². The van der Waals surface area contributed by atoms with Gasteiger partial charge in [-0.1, -0.05) is 6.92 Å². The lowest BCUT2D eigenvalue weighted by molar-refractivity contribution is 0.0725. The monoisotopic (exact) mass is 278 g/mol. The fraction of sp³-hybridized carbons (Fsp3) is 0.733. The summed E-state index contributed by atoms with van der Waals surface area (Å²) in [5.74, 6) is 0.762. The van der Waals surface area contributed by atoms with Crippen molar-refractivity contribution in [1.29, 1.82) is 0 Å². The highest BCUT2D eigenvalue weighted by atomic mass is 16.2. The van der Waals surface area contributed by atoms with Crippen LogP contribution in [0.3, 0.4) is 0 Å². The number of piperidine rings is 1. The molecule has 0 aliphatic carbocycles. The molecule has 112 valence electrons. The molecule has 0 atom stereocenters. The van der Waals surface area contributed by atoms with E-state index in [-0.39, 0.29) is 5.91 Å². The third-order valence-corrected chi connectivity index (χ3v) is 4.08. The van der Waals surface area contributed by atoms with Crippen molar-refractivity contribution in [3.8, 4) is 0 Å². The molecule has 0 radical (unpaired) electrons. The summed E-state index contributed by atoms with van der Waals surface area (Å²) in [7, 11) is 1.87. The van der Waals surface area contributed by atoms with Gasteiger partial charge in [0.1, 0.15) is 0 Å². The number of hydrogen-bond acceptors (Lipinski definition) is 3. The zero-order valence-corrected chi connectivity index (χ0v) is 12.9. The van der Waals surface area contributed by atoms with E-state index >= 15 is 0 Å². The van der Waals surface area contributed by atoms with E-state index in [1.54, 1.807) is 4.68 Å². The topological polar surface area (TPSA) is 50.2 Å². The third kappa shape index (κ3) is 3.39. The van der Waals surface area contributed by atoms with Gasteiger partial charge >= 0.3 is 0 Å². The molecule has 1 fully saturated rings. The van der Waals surface area contributed by atoms with E-state index in [0.29, 0.717) is 5.92 Å². The van der Waals surface area contributed by atoms with Crippen molar-refractivity contribution in [1.82, 2.24) is 20.0 Å². The van der Waals surface area contributed by atoms with Gasteiger partial charge in [-0.25, -0.2) is 0 Å². The number of nitrogens with one attached hydrogen (secondary N) is 1. The minimum atomic E-state index is 0.135. The van der Waals surface area contributed by atoms with Crippen LogP contribution in [0, 0.1) is 5.92 Å². The smallest absolute Gasteiger partial charge is 0.257 e. The highest BCUT2D eigenvalue weighted by Crippen LogP contribution is 2.17. The van der Waals surface area contributed by atoms with Crippen molar-refractivity contribution < 1.29 is 4.79 Å². The first-order chi connectivity index (χ1) is 9.65. The second-order valence-corrected chi connectivity index (χ2v) is 5.55. The lowest BCUT2D eigenvalue weighted by atomic mass is 9.97. The molecule has 1 aromatic rings. The average Bonchev–Trinajstić information content (AvgIpc) is 2.86. The summed E-state index contributed by atoms with van der Waals surface area (Å²) in [4.78, 5) is 14.7. The van der Waals surface area contributed by atoms with Crippen LogP contribution in [-0.4, -0.2) is 46.8 Å². The van der Waals surface area contributed by atoms with Crippen molar-refractivity contribution in [2.45, 2.75) is 33.1 Å². The Labute approximate surface area is 121 Å². The zero-order valence-electron chi connectivity index (χ0n) is 12.9. The lowest BCUT2D eigenvalue weighted by Crippen LogP contribution is -2.39. The Kier molecular flexibility index (Phi) is 5.17. The van der Waals surface area contributed by atoms with Crippen LogP contribution in [0.1, 0.15) is 42.7 Å². The maximum atomic E-state index is 12.7. The van der Waals surface area contributed by atoms with Crippen molar-refractivity contribution in [3.05, 3.63) is 17.5 Å². The summed E-state index contributed by atoms with van der Waals surface area (Å²) in [6.45, 7) is 7.88. The molecule has 1 saturated heterocycles. The summed E-state index contributed by atoms with van der Waals surface area (Å²) >= 11 is 0. The van der Waals surface area contributed by atoms with Crippen LogP contribution in [0.4, 0.5) is 0 Å². The van der Waals surface area contributed by atoms with Gasteiger partial charge in [-0.2, -0.15) is 5.10 Å². The van der Waals surface area contributed by atoms with Crippen LogP contribution in [0.2, 0.25) is 0 Å². The predicted molar refractivity (Wildman–Crippen MR) is 79.8 cm³/mol. The molecule has 0 saturated carbocycles. The Morgan fingerprint density at radius 2 is 2.15 bits per heavy atom. The van der Waals surface area contributed by atoms with Crippen molar-refractivity contribution in [2.75, 3.05) is 26.2 Å². The van der Waals surface area contributed by atoms with Crippen molar-refractivity contribution in [2.24, 2.45) is 13.0 Å². The van der Waals surface area contributed by atoms with Gasteiger partial charge in [0.05, 0.1) is 11.3 Å². The second-order valence-electron chi connectivity index (χ2n) is 5.55.